The predicted octanol–water partition coefficient (Wildman–Crippen LogP) is 3.70. The lowest BCUT2D eigenvalue weighted by molar-refractivity contribution is 0.0605. The average Bonchev–Trinajstić information content (AvgIpc) is 2.83. The molecule has 1 heterocycles. The molecule has 5 heteroatoms. The summed E-state index contributed by atoms with van der Waals surface area (Å²) in [6, 6.07) is 8.26. The van der Waals surface area contributed by atoms with Crippen molar-refractivity contribution < 1.29 is 9.53 Å². The normalized spacial score (nSPS) is 10.4. The summed E-state index contributed by atoms with van der Waals surface area (Å²) in [5.74, 6) is -0.328. The molecule has 1 aromatic carbocycles. The van der Waals surface area contributed by atoms with Gasteiger partial charge in [0, 0.05) is 12.2 Å². The lowest BCUT2D eigenvalue weighted by Gasteiger charge is -2.19. The van der Waals surface area contributed by atoms with Crippen LogP contribution in [0.2, 0.25) is 0 Å². The highest BCUT2D eigenvalue weighted by atomic mass is 32.1. The first-order chi connectivity index (χ1) is 9.56. The molecule has 0 saturated heterocycles. The van der Waals surface area contributed by atoms with E-state index in [0.717, 1.165) is 17.4 Å². The van der Waals surface area contributed by atoms with Gasteiger partial charge < -0.3 is 9.64 Å². The van der Waals surface area contributed by atoms with E-state index in [2.05, 4.69) is 48.0 Å². The number of rotatable bonds is 4. The molecule has 1 aromatic heterocycles. The first-order valence-electron chi connectivity index (χ1n) is 6.46. The second-order valence-electron chi connectivity index (χ2n) is 4.48. The summed E-state index contributed by atoms with van der Waals surface area (Å²) in [6.07, 6.45) is 0. The number of methoxy groups -OCH3 is 1. The summed E-state index contributed by atoms with van der Waals surface area (Å²) in [5.41, 5.74) is 3.00. The van der Waals surface area contributed by atoms with Crippen molar-refractivity contribution >= 4 is 28.1 Å². The van der Waals surface area contributed by atoms with Crippen molar-refractivity contribution in [1.82, 2.24) is 4.98 Å². The van der Waals surface area contributed by atoms with Gasteiger partial charge in [-0.2, -0.15) is 0 Å². The number of esters is 1. The minimum Gasteiger partial charge on any atom is -0.465 e. The van der Waals surface area contributed by atoms with E-state index in [4.69, 9.17) is 4.74 Å². The SMILES string of the molecule is CCN(c1ccc(C)cc1)c1nc(C)c(C(=O)OC)s1. The molecule has 0 saturated carbocycles. The Balaban J connectivity index is 2.37. The summed E-state index contributed by atoms with van der Waals surface area (Å²) in [4.78, 5) is 18.8. The van der Waals surface area contributed by atoms with E-state index in [1.54, 1.807) is 0 Å². The van der Waals surface area contributed by atoms with Crippen molar-refractivity contribution in [3.63, 3.8) is 0 Å². The molecule has 106 valence electrons. The van der Waals surface area contributed by atoms with E-state index < -0.39 is 0 Å². The zero-order chi connectivity index (χ0) is 14.7. The van der Waals surface area contributed by atoms with Crippen LogP contribution in [0.1, 0.15) is 27.9 Å². The van der Waals surface area contributed by atoms with Gasteiger partial charge in [0.25, 0.3) is 0 Å². The van der Waals surface area contributed by atoms with Crippen molar-refractivity contribution in [3.05, 3.63) is 40.4 Å². The monoisotopic (exact) mass is 290 g/mol. The maximum absolute atomic E-state index is 11.7. The highest BCUT2D eigenvalue weighted by Gasteiger charge is 2.19. The Kier molecular flexibility index (Phi) is 4.39. The third-order valence-electron chi connectivity index (χ3n) is 3.05. The maximum atomic E-state index is 11.7. The molecular weight excluding hydrogens is 272 g/mol. The smallest absolute Gasteiger partial charge is 0.350 e. The summed E-state index contributed by atoms with van der Waals surface area (Å²) in [7, 11) is 1.39. The Morgan fingerprint density at radius 2 is 1.95 bits per heavy atom. The zero-order valence-electron chi connectivity index (χ0n) is 12.1. The second kappa shape index (κ2) is 6.05. The number of ether oxygens (including phenoxy) is 1. The Bertz CT molecular complexity index is 605. The van der Waals surface area contributed by atoms with E-state index in [1.165, 1.54) is 24.0 Å². The molecule has 0 atom stereocenters. The summed E-state index contributed by atoms with van der Waals surface area (Å²) in [5, 5.41) is 0.814. The van der Waals surface area contributed by atoms with Crippen molar-refractivity contribution in [2.45, 2.75) is 20.8 Å². The fourth-order valence-electron chi connectivity index (χ4n) is 1.93. The van der Waals surface area contributed by atoms with Gasteiger partial charge in [-0.15, -0.1) is 0 Å². The molecule has 0 unspecified atom stereocenters. The predicted molar refractivity (Wildman–Crippen MR) is 82.0 cm³/mol. The van der Waals surface area contributed by atoms with Crippen LogP contribution in [-0.4, -0.2) is 24.6 Å². The number of aromatic nitrogens is 1. The van der Waals surface area contributed by atoms with Gasteiger partial charge in [-0.1, -0.05) is 29.0 Å². The highest BCUT2D eigenvalue weighted by molar-refractivity contribution is 7.17. The highest BCUT2D eigenvalue weighted by Crippen LogP contribution is 2.31. The molecule has 0 aliphatic carbocycles. The maximum Gasteiger partial charge on any atom is 0.350 e. The number of anilines is 2. The molecule has 0 amide bonds. The van der Waals surface area contributed by atoms with Crippen LogP contribution in [0.5, 0.6) is 0 Å². The van der Waals surface area contributed by atoms with Crippen molar-refractivity contribution in [2.75, 3.05) is 18.6 Å². The first-order valence-corrected chi connectivity index (χ1v) is 7.28. The third kappa shape index (κ3) is 2.82. The van der Waals surface area contributed by atoms with Gasteiger partial charge in [0.05, 0.1) is 12.8 Å². The number of aryl methyl sites for hydroxylation is 2. The van der Waals surface area contributed by atoms with Crippen LogP contribution in [0.4, 0.5) is 10.8 Å². The fraction of sp³-hybridized carbons (Fsp3) is 0.333. The largest absolute Gasteiger partial charge is 0.465 e. The number of carbonyl (C=O) groups excluding carboxylic acids is 1. The van der Waals surface area contributed by atoms with Crippen LogP contribution in [0.3, 0.4) is 0 Å². The van der Waals surface area contributed by atoms with E-state index in [9.17, 15) is 4.79 Å². The number of carbonyl (C=O) groups is 1. The average molecular weight is 290 g/mol. The van der Waals surface area contributed by atoms with Crippen LogP contribution < -0.4 is 4.90 Å². The molecule has 0 bridgehead atoms. The number of thiazole rings is 1. The van der Waals surface area contributed by atoms with Crippen LogP contribution in [0.25, 0.3) is 0 Å². The number of hydrogen-bond donors (Lipinski definition) is 0. The molecule has 20 heavy (non-hydrogen) atoms. The molecule has 0 aliphatic rings. The van der Waals surface area contributed by atoms with Gasteiger partial charge in [-0.05, 0) is 32.9 Å². The molecule has 0 spiro atoms. The molecule has 2 aromatic rings. The van der Waals surface area contributed by atoms with E-state index >= 15 is 0 Å². The van der Waals surface area contributed by atoms with Crippen LogP contribution in [0.15, 0.2) is 24.3 Å². The van der Waals surface area contributed by atoms with E-state index in [0.29, 0.717) is 10.6 Å². The van der Waals surface area contributed by atoms with Crippen LogP contribution >= 0.6 is 11.3 Å². The Labute approximate surface area is 123 Å². The summed E-state index contributed by atoms with van der Waals surface area (Å²) < 4.78 is 4.78. The topological polar surface area (TPSA) is 42.4 Å². The minimum atomic E-state index is -0.328. The summed E-state index contributed by atoms with van der Waals surface area (Å²) >= 11 is 1.36. The van der Waals surface area contributed by atoms with Gasteiger partial charge in [-0.25, -0.2) is 9.78 Å². The van der Waals surface area contributed by atoms with Gasteiger partial charge in [0.2, 0.25) is 0 Å². The zero-order valence-corrected chi connectivity index (χ0v) is 13.0. The molecule has 4 nitrogen and oxygen atoms in total. The van der Waals surface area contributed by atoms with E-state index in [-0.39, 0.29) is 5.97 Å². The van der Waals surface area contributed by atoms with Crippen molar-refractivity contribution in [3.8, 4) is 0 Å². The van der Waals surface area contributed by atoms with Gasteiger partial charge in [0.15, 0.2) is 5.13 Å². The Morgan fingerprint density at radius 1 is 1.30 bits per heavy atom. The van der Waals surface area contributed by atoms with Gasteiger partial charge >= 0.3 is 5.97 Å². The molecule has 2 rings (SSSR count). The molecular formula is C15H18N2O2S. The minimum absolute atomic E-state index is 0.328. The number of nitrogens with zero attached hydrogens (tertiary/aromatic N) is 2. The van der Waals surface area contributed by atoms with Crippen LogP contribution in [-0.2, 0) is 4.74 Å². The number of hydrogen-bond acceptors (Lipinski definition) is 5. The molecule has 0 radical (unpaired) electrons. The van der Waals surface area contributed by atoms with E-state index in [1.807, 2.05) is 6.92 Å². The first kappa shape index (κ1) is 14.5. The molecule has 0 N–H and O–H groups in total. The molecule has 0 fully saturated rings. The number of benzene rings is 1. The standard InChI is InChI=1S/C15H18N2O2S/c1-5-17(12-8-6-10(2)7-9-12)15-16-11(3)13(20-15)14(18)19-4/h6-9H,5H2,1-4H3. The lowest BCUT2D eigenvalue weighted by Crippen LogP contribution is -2.15. The van der Waals surface area contributed by atoms with Crippen LogP contribution in [0, 0.1) is 13.8 Å². The van der Waals surface area contributed by atoms with Crippen molar-refractivity contribution in [1.29, 1.82) is 0 Å². The quantitative estimate of drug-likeness (QED) is 0.805. The second-order valence-corrected chi connectivity index (χ2v) is 5.46. The molecule has 0 aliphatic heterocycles. The fourth-order valence-corrected chi connectivity index (χ4v) is 3.00. The van der Waals surface area contributed by atoms with Gasteiger partial charge in [-0.3, -0.25) is 0 Å². The Hall–Kier alpha value is -1.88. The lowest BCUT2D eigenvalue weighted by atomic mass is 10.2. The van der Waals surface area contributed by atoms with Gasteiger partial charge in [0.1, 0.15) is 4.88 Å². The third-order valence-corrected chi connectivity index (χ3v) is 4.21. The summed E-state index contributed by atoms with van der Waals surface area (Å²) in [6.45, 7) is 6.74. The van der Waals surface area contributed by atoms with Crippen molar-refractivity contribution in [2.24, 2.45) is 0 Å². The Morgan fingerprint density at radius 3 is 2.50 bits per heavy atom.